The quantitative estimate of drug-likeness (QED) is 0.598. The number of furan rings is 1. The van der Waals surface area contributed by atoms with Crippen LogP contribution in [0.2, 0.25) is 0 Å². The smallest absolute Gasteiger partial charge is 0.220 e. The Hall–Kier alpha value is -2.78. The van der Waals surface area contributed by atoms with E-state index < -0.39 is 17.7 Å². The van der Waals surface area contributed by atoms with Crippen molar-refractivity contribution < 1.29 is 18.0 Å². The summed E-state index contributed by atoms with van der Waals surface area (Å²) in [4.78, 5) is 20.1. The largest absolute Gasteiger partial charge is 0.453 e. The van der Waals surface area contributed by atoms with Crippen molar-refractivity contribution in [1.29, 1.82) is 0 Å². The van der Waals surface area contributed by atoms with Gasteiger partial charge in [0.05, 0.1) is 12.6 Å². The van der Waals surface area contributed by atoms with E-state index in [0.29, 0.717) is 41.0 Å². The van der Waals surface area contributed by atoms with Gasteiger partial charge < -0.3 is 15.1 Å². The molecular weight excluding hydrogens is 398 g/mol. The zero-order chi connectivity index (χ0) is 20.2. The molecule has 0 saturated carbocycles. The Morgan fingerprint density at radius 1 is 1.17 bits per heavy atom. The number of rotatable bonds is 6. The molecule has 1 amide bonds. The van der Waals surface area contributed by atoms with Crippen LogP contribution in [0.1, 0.15) is 30.2 Å². The molecule has 0 bridgehead atoms. The zero-order valence-electron chi connectivity index (χ0n) is 15.3. The van der Waals surface area contributed by atoms with Gasteiger partial charge in [-0.3, -0.25) is 4.79 Å². The highest BCUT2D eigenvalue weighted by Gasteiger charge is 2.30. The molecule has 1 fully saturated rings. The monoisotopic (exact) mass is 416 g/mol. The number of aromatic nitrogens is 2. The van der Waals surface area contributed by atoms with Crippen molar-refractivity contribution in [1.82, 2.24) is 20.6 Å². The maximum atomic E-state index is 13.6. The molecule has 1 aliphatic rings. The molecule has 3 aromatic rings. The van der Waals surface area contributed by atoms with Crippen molar-refractivity contribution in [2.45, 2.75) is 41.7 Å². The summed E-state index contributed by atoms with van der Waals surface area (Å²) in [5.74, 6) is -0.787. The maximum absolute atomic E-state index is 13.6. The molecular formula is C20H18F2N4O2S. The molecule has 29 heavy (non-hydrogen) atoms. The summed E-state index contributed by atoms with van der Waals surface area (Å²) in [5, 5.41) is 7.40. The highest BCUT2D eigenvalue weighted by atomic mass is 32.2. The predicted molar refractivity (Wildman–Crippen MR) is 102 cm³/mol. The third-order valence-electron chi connectivity index (χ3n) is 4.55. The van der Waals surface area contributed by atoms with Crippen molar-refractivity contribution in [3.63, 3.8) is 0 Å². The summed E-state index contributed by atoms with van der Waals surface area (Å²) < 4.78 is 33.1. The fourth-order valence-electron chi connectivity index (χ4n) is 3.26. The van der Waals surface area contributed by atoms with E-state index in [1.165, 1.54) is 23.9 Å². The second-order valence-corrected chi connectivity index (χ2v) is 7.60. The van der Waals surface area contributed by atoms with Crippen LogP contribution < -0.4 is 10.6 Å². The van der Waals surface area contributed by atoms with Crippen LogP contribution >= 0.6 is 11.8 Å². The lowest BCUT2D eigenvalue weighted by Gasteiger charge is -2.33. The number of hydrogen-bond acceptors (Lipinski definition) is 6. The molecule has 1 aromatic carbocycles. The Labute approximate surface area is 170 Å². The molecule has 2 aromatic heterocycles. The van der Waals surface area contributed by atoms with Crippen molar-refractivity contribution in [3.8, 4) is 0 Å². The molecule has 0 radical (unpaired) electrons. The fourth-order valence-corrected chi connectivity index (χ4v) is 3.95. The summed E-state index contributed by atoms with van der Waals surface area (Å²) in [6.07, 6.45) is 4.21. The normalized spacial score (nSPS) is 19.2. The molecule has 2 N–H and O–H groups in total. The van der Waals surface area contributed by atoms with Crippen LogP contribution in [0.25, 0.3) is 0 Å². The van der Waals surface area contributed by atoms with Gasteiger partial charge in [0.15, 0.2) is 10.2 Å². The van der Waals surface area contributed by atoms with Crippen molar-refractivity contribution in [2.75, 3.05) is 0 Å². The Morgan fingerprint density at radius 2 is 1.93 bits per heavy atom. The molecule has 1 saturated heterocycles. The minimum absolute atomic E-state index is 0.141. The van der Waals surface area contributed by atoms with Crippen molar-refractivity contribution in [2.24, 2.45) is 0 Å². The second-order valence-electron chi connectivity index (χ2n) is 6.63. The molecule has 0 unspecified atom stereocenters. The number of hydrogen-bond donors (Lipinski definition) is 2. The number of amides is 1. The van der Waals surface area contributed by atoms with Gasteiger partial charge in [0.25, 0.3) is 0 Å². The molecule has 1 aliphatic heterocycles. The van der Waals surface area contributed by atoms with E-state index in [-0.39, 0.29) is 11.9 Å². The molecule has 2 atom stereocenters. The van der Waals surface area contributed by atoms with E-state index in [0.717, 1.165) is 6.07 Å². The van der Waals surface area contributed by atoms with Gasteiger partial charge in [0, 0.05) is 30.9 Å². The summed E-state index contributed by atoms with van der Waals surface area (Å²) in [6, 6.07) is 8.01. The summed E-state index contributed by atoms with van der Waals surface area (Å²) in [5.41, 5.74) is 0.393. The molecule has 6 nitrogen and oxygen atoms in total. The Balaban J connectivity index is 1.43. The maximum Gasteiger partial charge on any atom is 0.220 e. The lowest BCUT2D eigenvalue weighted by Crippen LogP contribution is -2.48. The van der Waals surface area contributed by atoms with E-state index in [1.54, 1.807) is 18.5 Å². The average Bonchev–Trinajstić information content (AvgIpc) is 3.14. The van der Waals surface area contributed by atoms with Crippen LogP contribution in [0.4, 0.5) is 8.78 Å². The predicted octanol–water partition coefficient (Wildman–Crippen LogP) is 3.61. The van der Waals surface area contributed by atoms with Gasteiger partial charge >= 0.3 is 0 Å². The standard InChI is InChI=1S/C20H18F2N4O2S/c21-13-8-12(9-14(22)10-13)19-16(3-4-17(27)26-19)25-11-15-2-5-18(28-15)29-20-23-6-1-7-24-20/h1-2,5-10,16,19,25H,3-4,11H2,(H,26,27)/t16-,19+/m1/s1. The lowest BCUT2D eigenvalue weighted by atomic mass is 9.91. The molecule has 4 rings (SSSR count). The number of piperidine rings is 1. The minimum atomic E-state index is -0.672. The van der Waals surface area contributed by atoms with Crippen LogP contribution in [-0.2, 0) is 11.3 Å². The third-order valence-corrected chi connectivity index (χ3v) is 5.37. The first-order valence-corrected chi connectivity index (χ1v) is 9.91. The topological polar surface area (TPSA) is 80.1 Å². The zero-order valence-corrected chi connectivity index (χ0v) is 16.1. The van der Waals surface area contributed by atoms with Crippen LogP contribution in [0.3, 0.4) is 0 Å². The second kappa shape index (κ2) is 8.71. The van der Waals surface area contributed by atoms with E-state index in [4.69, 9.17) is 4.42 Å². The lowest BCUT2D eigenvalue weighted by molar-refractivity contribution is -0.123. The van der Waals surface area contributed by atoms with Crippen LogP contribution in [-0.4, -0.2) is 21.9 Å². The number of benzene rings is 1. The van der Waals surface area contributed by atoms with E-state index >= 15 is 0 Å². The molecule has 0 aliphatic carbocycles. The Kier molecular flexibility index (Phi) is 5.86. The van der Waals surface area contributed by atoms with Gasteiger partial charge in [-0.05, 0) is 54.1 Å². The van der Waals surface area contributed by atoms with E-state index in [2.05, 4.69) is 20.6 Å². The average molecular weight is 416 g/mol. The summed E-state index contributed by atoms with van der Waals surface area (Å²) in [6.45, 7) is 0.408. The Bertz CT molecular complexity index is 979. The van der Waals surface area contributed by atoms with Crippen LogP contribution in [0.15, 0.2) is 63.5 Å². The first kappa shape index (κ1) is 19.5. The highest BCUT2D eigenvalue weighted by molar-refractivity contribution is 7.99. The number of carbonyl (C=O) groups is 1. The van der Waals surface area contributed by atoms with Crippen molar-refractivity contribution >= 4 is 17.7 Å². The van der Waals surface area contributed by atoms with Gasteiger partial charge in [0.1, 0.15) is 17.4 Å². The van der Waals surface area contributed by atoms with Gasteiger partial charge in [0.2, 0.25) is 5.91 Å². The molecule has 3 heterocycles. The minimum Gasteiger partial charge on any atom is -0.453 e. The highest BCUT2D eigenvalue weighted by Crippen LogP contribution is 2.28. The Morgan fingerprint density at radius 3 is 2.69 bits per heavy atom. The van der Waals surface area contributed by atoms with Crippen molar-refractivity contribution in [3.05, 3.63) is 71.8 Å². The number of nitrogens with zero attached hydrogens (tertiary/aromatic N) is 2. The van der Waals surface area contributed by atoms with E-state index in [1.807, 2.05) is 12.1 Å². The number of carbonyl (C=O) groups excluding carboxylic acids is 1. The van der Waals surface area contributed by atoms with Gasteiger partial charge in [-0.1, -0.05) is 0 Å². The molecule has 0 spiro atoms. The van der Waals surface area contributed by atoms with Gasteiger partial charge in [-0.2, -0.15) is 0 Å². The summed E-state index contributed by atoms with van der Waals surface area (Å²) >= 11 is 1.31. The molecule has 150 valence electrons. The molecule has 9 heteroatoms. The van der Waals surface area contributed by atoms with Crippen LogP contribution in [0, 0.1) is 11.6 Å². The fraction of sp³-hybridized carbons (Fsp3) is 0.250. The first-order chi connectivity index (χ1) is 14.1. The van der Waals surface area contributed by atoms with Gasteiger partial charge in [-0.25, -0.2) is 18.7 Å². The summed E-state index contributed by atoms with van der Waals surface area (Å²) in [7, 11) is 0. The van der Waals surface area contributed by atoms with E-state index in [9.17, 15) is 13.6 Å². The van der Waals surface area contributed by atoms with Gasteiger partial charge in [-0.15, -0.1) is 0 Å². The number of halogens is 2. The first-order valence-electron chi connectivity index (χ1n) is 9.09. The SMILES string of the molecule is O=C1CC[C@@H](NCc2ccc(Sc3ncccn3)o2)[C@H](c2cc(F)cc(F)c2)N1. The third kappa shape index (κ3) is 4.99. The number of nitrogens with one attached hydrogen (secondary N) is 2. The van der Waals surface area contributed by atoms with Crippen LogP contribution in [0.5, 0.6) is 0 Å².